The van der Waals surface area contributed by atoms with Crippen molar-refractivity contribution >= 4 is 17.7 Å². The van der Waals surface area contributed by atoms with Crippen LogP contribution >= 0.6 is 0 Å². The molecule has 1 aromatic heterocycles. The molecule has 0 saturated heterocycles. The van der Waals surface area contributed by atoms with E-state index in [-0.39, 0.29) is 23.9 Å². The van der Waals surface area contributed by atoms with Gasteiger partial charge in [-0.25, -0.2) is 9.38 Å². The van der Waals surface area contributed by atoms with E-state index in [1.807, 2.05) is 36.1 Å². The van der Waals surface area contributed by atoms with Crippen molar-refractivity contribution in [1.82, 2.24) is 4.98 Å². The van der Waals surface area contributed by atoms with Crippen molar-refractivity contribution in [3.8, 4) is 11.5 Å². The van der Waals surface area contributed by atoms with E-state index in [4.69, 9.17) is 4.74 Å². The Bertz CT molecular complexity index is 1020. The Hall–Kier alpha value is -3.41. The molecule has 0 atom stereocenters. The normalized spacial score (nSPS) is 12.7. The van der Waals surface area contributed by atoms with Gasteiger partial charge in [0.05, 0.1) is 18.6 Å². The second kappa shape index (κ2) is 7.07. The standard InChI is InChI=1S/C21H18FN3O2/c1-14-7-8-15(27-12-19-17(22)4-3-9-23-19)10-20(14)25-11-16-18(24-13-25)5-2-6-21(16)26/h2-10,13,26H,11-12H2,1H3. The molecule has 0 fully saturated rings. The maximum Gasteiger partial charge on any atom is 0.148 e. The van der Waals surface area contributed by atoms with Gasteiger partial charge in [-0.3, -0.25) is 4.98 Å². The van der Waals surface area contributed by atoms with Gasteiger partial charge in [0.15, 0.2) is 0 Å². The minimum absolute atomic E-state index is 0.0485. The molecule has 1 N–H and O–H groups in total. The summed E-state index contributed by atoms with van der Waals surface area (Å²) in [5.41, 5.74) is 3.75. The molecule has 27 heavy (non-hydrogen) atoms. The molecule has 2 aromatic carbocycles. The van der Waals surface area contributed by atoms with Crippen LogP contribution in [-0.4, -0.2) is 16.4 Å². The number of phenolic OH excluding ortho intramolecular Hbond substituents is 1. The first kappa shape index (κ1) is 17.0. The highest BCUT2D eigenvalue weighted by molar-refractivity contribution is 5.86. The van der Waals surface area contributed by atoms with Gasteiger partial charge in [-0.1, -0.05) is 12.1 Å². The number of halogens is 1. The molecular weight excluding hydrogens is 345 g/mol. The number of pyridine rings is 1. The molecule has 2 heterocycles. The van der Waals surface area contributed by atoms with E-state index in [0.717, 1.165) is 22.5 Å². The summed E-state index contributed by atoms with van der Waals surface area (Å²) in [6, 6.07) is 13.9. The van der Waals surface area contributed by atoms with Crippen LogP contribution in [0.4, 0.5) is 15.8 Å². The average Bonchev–Trinajstić information content (AvgIpc) is 2.68. The fourth-order valence-electron chi connectivity index (χ4n) is 3.00. The highest BCUT2D eigenvalue weighted by Crippen LogP contribution is 2.35. The largest absolute Gasteiger partial charge is 0.508 e. The first-order chi connectivity index (χ1) is 13.1. The smallest absolute Gasteiger partial charge is 0.148 e. The Kier molecular flexibility index (Phi) is 4.46. The van der Waals surface area contributed by atoms with Crippen LogP contribution in [0.15, 0.2) is 59.7 Å². The molecule has 0 bridgehead atoms. The SMILES string of the molecule is Cc1ccc(OCc2ncccc2F)cc1N1C=Nc2cccc(O)c2C1. The zero-order valence-electron chi connectivity index (χ0n) is 14.8. The molecule has 0 aliphatic carbocycles. The number of anilines is 1. The fraction of sp³-hybridized carbons (Fsp3) is 0.143. The molecule has 0 amide bonds. The second-order valence-corrected chi connectivity index (χ2v) is 6.32. The van der Waals surface area contributed by atoms with Crippen LogP contribution < -0.4 is 9.64 Å². The number of benzene rings is 2. The van der Waals surface area contributed by atoms with Gasteiger partial charge in [0, 0.05) is 23.5 Å². The zero-order chi connectivity index (χ0) is 18.8. The number of aliphatic imine (C=N–C) groups is 1. The quantitative estimate of drug-likeness (QED) is 0.742. The molecule has 0 spiro atoms. The topological polar surface area (TPSA) is 58.0 Å². The van der Waals surface area contributed by atoms with Crippen LogP contribution in [0, 0.1) is 12.7 Å². The number of hydrogen-bond donors (Lipinski definition) is 1. The van der Waals surface area contributed by atoms with Crippen LogP contribution in [0.5, 0.6) is 11.5 Å². The summed E-state index contributed by atoms with van der Waals surface area (Å²) in [4.78, 5) is 10.4. The number of rotatable bonds is 4. The Morgan fingerprint density at radius 1 is 1.19 bits per heavy atom. The summed E-state index contributed by atoms with van der Waals surface area (Å²) in [5.74, 6) is 0.447. The average molecular weight is 363 g/mol. The van der Waals surface area contributed by atoms with E-state index in [9.17, 15) is 9.50 Å². The molecule has 1 aliphatic rings. The summed E-state index contributed by atoms with van der Waals surface area (Å²) in [7, 11) is 0. The van der Waals surface area contributed by atoms with Crippen molar-refractivity contribution in [3.63, 3.8) is 0 Å². The molecular formula is C21H18FN3O2. The molecule has 0 saturated carbocycles. The van der Waals surface area contributed by atoms with Crippen molar-refractivity contribution in [3.05, 3.63) is 77.4 Å². The Balaban J connectivity index is 1.57. The number of aryl methyl sites for hydroxylation is 1. The number of aromatic nitrogens is 1. The van der Waals surface area contributed by atoms with Crippen molar-refractivity contribution in [1.29, 1.82) is 0 Å². The van der Waals surface area contributed by atoms with Gasteiger partial charge in [-0.2, -0.15) is 0 Å². The maximum absolute atomic E-state index is 13.7. The molecule has 136 valence electrons. The van der Waals surface area contributed by atoms with Crippen LogP contribution in [0.25, 0.3) is 0 Å². The summed E-state index contributed by atoms with van der Waals surface area (Å²) >= 11 is 0. The van der Waals surface area contributed by atoms with Crippen molar-refractivity contribution in [2.75, 3.05) is 4.90 Å². The van der Waals surface area contributed by atoms with Crippen LogP contribution in [0.2, 0.25) is 0 Å². The fourth-order valence-corrected chi connectivity index (χ4v) is 3.00. The maximum atomic E-state index is 13.7. The minimum atomic E-state index is -0.389. The molecule has 1 aliphatic heterocycles. The van der Waals surface area contributed by atoms with Gasteiger partial charge in [0.2, 0.25) is 0 Å². The third-order valence-electron chi connectivity index (χ3n) is 4.49. The number of phenols is 1. The molecule has 4 rings (SSSR count). The Morgan fingerprint density at radius 2 is 2.07 bits per heavy atom. The third kappa shape index (κ3) is 3.46. The summed E-state index contributed by atoms with van der Waals surface area (Å²) in [6.45, 7) is 2.54. The van der Waals surface area contributed by atoms with Gasteiger partial charge in [-0.15, -0.1) is 0 Å². The van der Waals surface area contributed by atoms with Crippen LogP contribution in [0.3, 0.4) is 0 Å². The van der Waals surface area contributed by atoms with Gasteiger partial charge >= 0.3 is 0 Å². The molecule has 0 unspecified atom stereocenters. The van der Waals surface area contributed by atoms with Gasteiger partial charge in [0.1, 0.15) is 29.6 Å². The van der Waals surface area contributed by atoms with Crippen molar-refractivity contribution in [2.45, 2.75) is 20.1 Å². The highest BCUT2D eigenvalue weighted by Gasteiger charge is 2.18. The number of nitrogens with zero attached hydrogens (tertiary/aromatic N) is 3. The van der Waals surface area contributed by atoms with E-state index >= 15 is 0 Å². The number of hydrogen-bond acceptors (Lipinski definition) is 5. The van der Waals surface area contributed by atoms with Crippen molar-refractivity contribution < 1.29 is 14.2 Å². The van der Waals surface area contributed by atoms with Gasteiger partial charge in [0.25, 0.3) is 0 Å². The van der Waals surface area contributed by atoms with Crippen LogP contribution in [0.1, 0.15) is 16.8 Å². The van der Waals surface area contributed by atoms with E-state index in [1.54, 1.807) is 24.5 Å². The zero-order valence-corrected chi connectivity index (χ0v) is 14.8. The highest BCUT2D eigenvalue weighted by atomic mass is 19.1. The van der Waals surface area contributed by atoms with Gasteiger partial charge < -0.3 is 14.7 Å². The number of aromatic hydroxyl groups is 1. The number of ether oxygens (including phenoxy) is 1. The second-order valence-electron chi connectivity index (χ2n) is 6.32. The lowest BCUT2D eigenvalue weighted by Gasteiger charge is -2.26. The molecule has 6 heteroatoms. The van der Waals surface area contributed by atoms with Gasteiger partial charge in [-0.05, 0) is 42.8 Å². The van der Waals surface area contributed by atoms with Crippen molar-refractivity contribution in [2.24, 2.45) is 4.99 Å². The monoisotopic (exact) mass is 363 g/mol. The first-order valence-corrected chi connectivity index (χ1v) is 8.56. The lowest BCUT2D eigenvalue weighted by atomic mass is 10.1. The Morgan fingerprint density at radius 3 is 2.93 bits per heavy atom. The number of fused-ring (bicyclic) bond motifs is 1. The van der Waals surface area contributed by atoms with Crippen LogP contribution in [-0.2, 0) is 13.2 Å². The first-order valence-electron chi connectivity index (χ1n) is 8.56. The van der Waals surface area contributed by atoms with E-state index in [1.165, 1.54) is 12.3 Å². The van der Waals surface area contributed by atoms with E-state index in [0.29, 0.717) is 12.3 Å². The molecule has 0 radical (unpaired) electrons. The lowest BCUT2D eigenvalue weighted by Crippen LogP contribution is -2.24. The molecule has 3 aromatic rings. The lowest BCUT2D eigenvalue weighted by molar-refractivity contribution is 0.294. The summed E-state index contributed by atoms with van der Waals surface area (Å²) in [6.07, 6.45) is 3.28. The minimum Gasteiger partial charge on any atom is -0.508 e. The molecule has 5 nitrogen and oxygen atoms in total. The summed E-state index contributed by atoms with van der Waals surface area (Å²) in [5, 5.41) is 10.1. The predicted molar refractivity (Wildman–Crippen MR) is 102 cm³/mol. The predicted octanol–water partition coefficient (Wildman–Crippen LogP) is 4.49. The van der Waals surface area contributed by atoms with E-state index in [2.05, 4.69) is 9.98 Å². The Labute approximate surface area is 156 Å². The third-order valence-corrected chi connectivity index (χ3v) is 4.49. The summed E-state index contributed by atoms with van der Waals surface area (Å²) < 4.78 is 19.4. The van der Waals surface area contributed by atoms with E-state index < -0.39 is 0 Å².